The molecule has 0 unspecified atom stereocenters. The average Bonchev–Trinajstić information content (AvgIpc) is 3.35. The highest BCUT2D eigenvalue weighted by Gasteiger charge is 2.14. The van der Waals surface area contributed by atoms with Crippen molar-refractivity contribution in [3.8, 4) is 33.5 Å². The van der Waals surface area contributed by atoms with Crippen LogP contribution in [0.25, 0.3) is 44.5 Å². The van der Waals surface area contributed by atoms with Crippen molar-refractivity contribution in [2.45, 2.75) is 39.5 Å². The van der Waals surface area contributed by atoms with E-state index >= 15 is 0 Å². The van der Waals surface area contributed by atoms with Gasteiger partial charge in [0.05, 0.1) is 11.9 Å². The third-order valence-corrected chi connectivity index (χ3v) is 6.07. The summed E-state index contributed by atoms with van der Waals surface area (Å²) in [6.45, 7) is 4.46. The minimum absolute atomic E-state index is 0.327. The average molecular weight is 502 g/mol. The van der Waals surface area contributed by atoms with E-state index in [0.29, 0.717) is 21.9 Å². The van der Waals surface area contributed by atoms with Crippen molar-refractivity contribution in [1.82, 2.24) is 24.7 Å². The topological polar surface area (TPSA) is 56.5 Å². The molecule has 184 valence electrons. The molecule has 5 nitrogen and oxygen atoms in total. The maximum absolute atomic E-state index is 14.5. The number of benzene rings is 1. The van der Waals surface area contributed by atoms with Crippen LogP contribution >= 0.6 is 11.6 Å². The lowest BCUT2D eigenvalue weighted by atomic mass is 9.99. The van der Waals surface area contributed by atoms with Gasteiger partial charge in [-0.05, 0) is 48.0 Å². The Morgan fingerprint density at radius 3 is 2.39 bits per heavy atom. The number of aromatic nitrogens is 5. The highest BCUT2D eigenvalue weighted by molar-refractivity contribution is 6.30. The summed E-state index contributed by atoms with van der Waals surface area (Å²) in [6.07, 6.45) is 14.5. The Bertz CT molecular complexity index is 1460. The third kappa shape index (κ3) is 5.94. The Balaban J connectivity index is 0.000000455. The van der Waals surface area contributed by atoms with Crippen molar-refractivity contribution < 1.29 is 4.39 Å². The summed E-state index contributed by atoms with van der Waals surface area (Å²) in [4.78, 5) is 13.4. The van der Waals surface area contributed by atoms with Gasteiger partial charge in [-0.1, -0.05) is 51.1 Å². The highest BCUT2D eigenvalue weighted by Crippen LogP contribution is 2.34. The monoisotopic (exact) mass is 501 g/mol. The van der Waals surface area contributed by atoms with Gasteiger partial charge in [0.1, 0.15) is 5.82 Å². The number of nitrogens with zero attached hydrogens (tertiary/aromatic N) is 5. The van der Waals surface area contributed by atoms with Gasteiger partial charge in [-0.25, -0.2) is 14.4 Å². The summed E-state index contributed by atoms with van der Waals surface area (Å²) in [7, 11) is 1.87. The van der Waals surface area contributed by atoms with Gasteiger partial charge in [-0.15, -0.1) is 0 Å². The van der Waals surface area contributed by atoms with Crippen LogP contribution in [0.5, 0.6) is 0 Å². The molecule has 0 aliphatic rings. The van der Waals surface area contributed by atoms with Crippen LogP contribution in [0.2, 0.25) is 5.02 Å². The molecule has 0 atom stereocenters. The van der Waals surface area contributed by atoms with E-state index in [1.54, 1.807) is 35.5 Å². The standard InChI is InChI=1S/C23H15ClFN5.C6H14/c1-30-13-16(12-28-30)14-7-15(11-26-10-14)19-9-22(20-8-17(24)4-5-21(20)25)29-23-18(19)3-2-6-27-23;1-3-5-6-4-2/h2-13H,1H3;3-6H2,1-2H3. The first-order chi connectivity index (χ1) is 17.5. The number of rotatable bonds is 6. The molecule has 5 aromatic rings. The molecule has 0 amide bonds. The molecule has 0 spiro atoms. The summed E-state index contributed by atoms with van der Waals surface area (Å²) in [5, 5.41) is 5.53. The molecule has 0 aliphatic carbocycles. The lowest BCUT2D eigenvalue weighted by Gasteiger charge is -2.11. The zero-order chi connectivity index (χ0) is 25.5. The molecule has 4 aromatic heterocycles. The summed E-state index contributed by atoms with van der Waals surface area (Å²) < 4.78 is 16.3. The predicted octanol–water partition coefficient (Wildman–Crippen LogP) is 8.14. The largest absolute Gasteiger partial charge is 0.275 e. The van der Waals surface area contributed by atoms with Crippen LogP contribution in [0.15, 0.2) is 73.4 Å². The van der Waals surface area contributed by atoms with E-state index in [4.69, 9.17) is 11.6 Å². The van der Waals surface area contributed by atoms with Crippen LogP contribution in [0.3, 0.4) is 0 Å². The van der Waals surface area contributed by atoms with Crippen molar-refractivity contribution in [2.24, 2.45) is 7.05 Å². The van der Waals surface area contributed by atoms with E-state index in [-0.39, 0.29) is 0 Å². The van der Waals surface area contributed by atoms with Gasteiger partial charge >= 0.3 is 0 Å². The van der Waals surface area contributed by atoms with E-state index in [1.165, 1.54) is 37.8 Å². The molecule has 0 saturated carbocycles. The van der Waals surface area contributed by atoms with Gasteiger partial charge in [0.25, 0.3) is 0 Å². The molecule has 0 bridgehead atoms. The second-order valence-electron chi connectivity index (χ2n) is 8.63. The maximum atomic E-state index is 14.5. The molecule has 4 heterocycles. The van der Waals surface area contributed by atoms with Crippen LogP contribution in [-0.4, -0.2) is 24.7 Å². The van der Waals surface area contributed by atoms with Gasteiger partial charge in [0.15, 0.2) is 5.65 Å². The lowest BCUT2D eigenvalue weighted by Crippen LogP contribution is -1.94. The molecule has 36 heavy (non-hydrogen) atoms. The van der Waals surface area contributed by atoms with Gasteiger partial charge < -0.3 is 0 Å². The maximum Gasteiger partial charge on any atom is 0.160 e. The number of hydrogen-bond donors (Lipinski definition) is 0. The van der Waals surface area contributed by atoms with E-state index in [0.717, 1.165) is 27.6 Å². The zero-order valence-corrected chi connectivity index (χ0v) is 21.5. The molecular weight excluding hydrogens is 473 g/mol. The van der Waals surface area contributed by atoms with E-state index in [9.17, 15) is 4.39 Å². The molecule has 7 heteroatoms. The first-order valence-corrected chi connectivity index (χ1v) is 12.5. The molecule has 0 N–H and O–H groups in total. The first-order valence-electron chi connectivity index (χ1n) is 12.2. The minimum Gasteiger partial charge on any atom is -0.275 e. The van der Waals surface area contributed by atoms with Crippen molar-refractivity contribution in [3.63, 3.8) is 0 Å². The quantitative estimate of drug-likeness (QED) is 0.220. The van der Waals surface area contributed by atoms with Crippen LogP contribution in [-0.2, 0) is 7.05 Å². The minimum atomic E-state index is -0.393. The summed E-state index contributed by atoms with van der Waals surface area (Å²) in [6, 6.07) is 12.1. The van der Waals surface area contributed by atoms with E-state index in [2.05, 4.69) is 33.9 Å². The third-order valence-electron chi connectivity index (χ3n) is 5.83. The van der Waals surface area contributed by atoms with Gasteiger partial charge in [-0.2, -0.15) is 5.10 Å². The van der Waals surface area contributed by atoms with Crippen molar-refractivity contribution in [1.29, 1.82) is 0 Å². The highest BCUT2D eigenvalue weighted by atomic mass is 35.5. The number of hydrogen-bond acceptors (Lipinski definition) is 4. The Labute approximate surface area is 216 Å². The normalized spacial score (nSPS) is 10.8. The number of pyridine rings is 3. The predicted molar refractivity (Wildman–Crippen MR) is 145 cm³/mol. The Kier molecular flexibility index (Phi) is 8.39. The number of aryl methyl sites for hydroxylation is 1. The number of fused-ring (bicyclic) bond motifs is 1. The fourth-order valence-electron chi connectivity index (χ4n) is 3.94. The Hall–Kier alpha value is -3.64. The molecule has 5 rings (SSSR count). The van der Waals surface area contributed by atoms with Gasteiger partial charge in [0.2, 0.25) is 0 Å². The SMILES string of the molecule is CCCCCC.Cn1cc(-c2cncc(-c3cc(-c4cc(Cl)ccc4F)nc4ncccc34)c2)cn1. The van der Waals surface area contributed by atoms with Gasteiger partial charge in [0, 0.05) is 64.5 Å². The summed E-state index contributed by atoms with van der Waals surface area (Å²) >= 11 is 6.10. The second-order valence-corrected chi connectivity index (χ2v) is 9.06. The van der Waals surface area contributed by atoms with Gasteiger partial charge in [-0.3, -0.25) is 9.67 Å². The van der Waals surface area contributed by atoms with E-state index < -0.39 is 5.82 Å². The Morgan fingerprint density at radius 1 is 0.889 bits per heavy atom. The molecule has 0 radical (unpaired) electrons. The number of halogens is 2. The molecular formula is C29H29ClFN5. The fourth-order valence-corrected chi connectivity index (χ4v) is 4.12. The summed E-state index contributed by atoms with van der Waals surface area (Å²) in [5.41, 5.74) is 4.95. The smallest absolute Gasteiger partial charge is 0.160 e. The Morgan fingerprint density at radius 2 is 1.67 bits per heavy atom. The van der Waals surface area contributed by atoms with Crippen molar-refractivity contribution in [2.75, 3.05) is 0 Å². The zero-order valence-electron chi connectivity index (χ0n) is 20.7. The lowest BCUT2D eigenvalue weighted by molar-refractivity contribution is 0.631. The van der Waals surface area contributed by atoms with Crippen LogP contribution < -0.4 is 0 Å². The second kappa shape index (κ2) is 11.9. The molecule has 0 saturated heterocycles. The molecule has 0 aliphatic heterocycles. The van der Waals surface area contributed by atoms with Crippen molar-refractivity contribution in [3.05, 3.63) is 84.3 Å². The first kappa shape index (κ1) is 25.5. The summed E-state index contributed by atoms with van der Waals surface area (Å²) in [5.74, 6) is -0.393. The van der Waals surface area contributed by atoms with E-state index in [1.807, 2.05) is 37.5 Å². The van der Waals surface area contributed by atoms with Crippen LogP contribution in [0.4, 0.5) is 4.39 Å². The van der Waals surface area contributed by atoms with Crippen LogP contribution in [0, 0.1) is 5.82 Å². The molecule has 0 fully saturated rings. The van der Waals surface area contributed by atoms with Crippen molar-refractivity contribution >= 4 is 22.6 Å². The van der Waals surface area contributed by atoms with Crippen LogP contribution in [0.1, 0.15) is 39.5 Å². The molecule has 1 aromatic carbocycles. The number of unbranched alkanes of at least 4 members (excludes halogenated alkanes) is 3. The fraction of sp³-hybridized carbons (Fsp3) is 0.241.